The molecule has 2 heterocycles. The maximum atomic E-state index is 12.4. The van der Waals surface area contributed by atoms with Crippen molar-refractivity contribution in [3.63, 3.8) is 0 Å². The van der Waals surface area contributed by atoms with E-state index >= 15 is 0 Å². The van der Waals surface area contributed by atoms with Crippen LogP contribution in [0.3, 0.4) is 0 Å². The third-order valence-electron chi connectivity index (χ3n) is 4.08. The van der Waals surface area contributed by atoms with Gasteiger partial charge in [0.1, 0.15) is 5.37 Å². The Kier molecular flexibility index (Phi) is 5.69. The van der Waals surface area contributed by atoms with Crippen LogP contribution in [-0.2, 0) is 9.59 Å². The number of carbonyl (C=O) groups excluding carboxylic acids is 2. The summed E-state index contributed by atoms with van der Waals surface area (Å²) in [5.74, 6) is -0.278. The lowest BCUT2D eigenvalue weighted by Crippen LogP contribution is -2.45. The summed E-state index contributed by atoms with van der Waals surface area (Å²) in [6, 6.07) is 13.8. The molecule has 0 bridgehead atoms. The van der Waals surface area contributed by atoms with E-state index in [1.807, 2.05) is 24.3 Å². The number of nitrogens with one attached hydrogen (secondary N) is 1. The molecule has 1 N–H and O–H groups in total. The number of non-ortho nitro benzene ring substituents is 1. The number of nitro groups is 1. The van der Waals surface area contributed by atoms with Gasteiger partial charge in [-0.15, -0.1) is 23.1 Å². The minimum atomic E-state index is -0.501. The van der Waals surface area contributed by atoms with Crippen LogP contribution < -0.4 is 5.43 Å². The Bertz CT molecular complexity index is 1070. The second-order valence-electron chi connectivity index (χ2n) is 6.05. The zero-order valence-corrected chi connectivity index (χ0v) is 17.3. The molecule has 1 unspecified atom stereocenters. The molecule has 8 nitrogen and oxygen atoms in total. The van der Waals surface area contributed by atoms with Gasteiger partial charge in [-0.3, -0.25) is 25.1 Å². The molecule has 11 heteroatoms. The molecule has 148 valence electrons. The predicted octanol–water partition coefficient (Wildman–Crippen LogP) is 3.60. The minimum Gasteiger partial charge on any atom is -0.272 e. The third kappa shape index (κ3) is 4.36. The highest BCUT2D eigenvalue weighted by molar-refractivity contribution is 8.01. The number of benzene rings is 2. The van der Waals surface area contributed by atoms with Gasteiger partial charge in [0.15, 0.2) is 4.34 Å². The average Bonchev–Trinajstić information content (AvgIpc) is 3.30. The van der Waals surface area contributed by atoms with Crippen molar-refractivity contribution >= 4 is 62.6 Å². The monoisotopic (exact) mass is 446 g/mol. The number of hydrogen-bond donors (Lipinski definition) is 1. The van der Waals surface area contributed by atoms with Crippen LogP contribution >= 0.6 is 34.9 Å². The Morgan fingerprint density at radius 3 is 2.93 bits per heavy atom. The molecule has 1 aromatic heterocycles. The zero-order chi connectivity index (χ0) is 20.4. The number of thioether (sulfide) groups is 2. The van der Waals surface area contributed by atoms with Crippen molar-refractivity contribution in [3.8, 4) is 0 Å². The lowest BCUT2D eigenvalue weighted by molar-refractivity contribution is -0.384. The lowest BCUT2D eigenvalue weighted by atomic mass is 10.2. The van der Waals surface area contributed by atoms with Gasteiger partial charge in [0, 0.05) is 12.1 Å². The van der Waals surface area contributed by atoms with E-state index in [1.54, 1.807) is 12.1 Å². The van der Waals surface area contributed by atoms with Crippen LogP contribution in [0.5, 0.6) is 0 Å². The molecule has 1 aliphatic rings. The summed E-state index contributed by atoms with van der Waals surface area (Å²) in [7, 11) is 0. The van der Waals surface area contributed by atoms with E-state index in [9.17, 15) is 19.7 Å². The summed E-state index contributed by atoms with van der Waals surface area (Å²) >= 11 is 4.12. The minimum absolute atomic E-state index is 0.0554. The quantitative estimate of drug-likeness (QED) is 0.350. The van der Waals surface area contributed by atoms with E-state index in [2.05, 4.69) is 10.4 Å². The summed E-state index contributed by atoms with van der Waals surface area (Å²) in [5.41, 5.74) is 4.06. The van der Waals surface area contributed by atoms with Crippen molar-refractivity contribution in [1.29, 1.82) is 0 Å². The number of fused-ring (bicyclic) bond motifs is 1. The molecule has 0 spiro atoms. The van der Waals surface area contributed by atoms with Crippen molar-refractivity contribution in [2.24, 2.45) is 0 Å². The van der Waals surface area contributed by atoms with Crippen LogP contribution in [-0.4, -0.2) is 38.2 Å². The zero-order valence-electron chi connectivity index (χ0n) is 14.8. The summed E-state index contributed by atoms with van der Waals surface area (Å²) in [6.07, 6.45) is 0. The van der Waals surface area contributed by atoms with E-state index in [-0.39, 0.29) is 29.0 Å². The van der Waals surface area contributed by atoms with Crippen LogP contribution in [0.25, 0.3) is 10.2 Å². The third-order valence-corrected chi connectivity index (χ3v) is 7.47. The number of aromatic nitrogens is 1. The highest BCUT2D eigenvalue weighted by Gasteiger charge is 2.35. The smallest absolute Gasteiger partial charge is 0.269 e. The van der Waals surface area contributed by atoms with Gasteiger partial charge in [-0.25, -0.2) is 9.99 Å². The molecule has 1 fully saturated rings. The van der Waals surface area contributed by atoms with Crippen molar-refractivity contribution in [3.05, 3.63) is 64.2 Å². The number of thiazole rings is 1. The molecular formula is C18H14N4O4S3. The fourth-order valence-corrected chi connectivity index (χ4v) is 5.75. The normalized spacial score (nSPS) is 16.3. The molecule has 0 aliphatic carbocycles. The molecule has 29 heavy (non-hydrogen) atoms. The van der Waals surface area contributed by atoms with Gasteiger partial charge in [-0.1, -0.05) is 36.0 Å². The Morgan fingerprint density at radius 1 is 1.31 bits per heavy atom. The number of nitro benzene ring substituents is 1. The molecular weight excluding hydrogens is 432 g/mol. The van der Waals surface area contributed by atoms with Crippen LogP contribution in [0.15, 0.2) is 52.9 Å². The van der Waals surface area contributed by atoms with Crippen LogP contribution in [0.4, 0.5) is 5.69 Å². The SMILES string of the molecule is O=C(CSc1nc2ccccc2s1)NN1C(=O)CSC1c1cccc([N+](=O)[O-])c1. The summed E-state index contributed by atoms with van der Waals surface area (Å²) in [4.78, 5) is 39.7. The van der Waals surface area contributed by atoms with Crippen LogP contribution in [0.1, 0.15) is 10.9 Å². The maximum Gasteiger partial charge on any atom is 0.269 e. The molecule has 1 aliphatic heterocycles. The number of carbonyl (C=O) groups is 2. The first-order chi connectivity index (χ1) is 14.0. The van der Waals surface area contributed by atoms with E-state index in [0.29, 0.717) is 5.56 Å². The van der Waals surface area contributed by atoms with Gasteiger partial charge < -0.3 is 0 Å². The summed E-state index contributed by atoms with van der Waals surface area (Å²) in [6.45, 7) is 0. The first-order valence-corrected chi connectivity index (χ1v) is 11.3. The Hall–Kier alpha value is -2.63. The van der Waals surface area contributed by atoms with E-state index in [4.69, 9.17) is 0 Å². The molecule has 4 rings (SSSR count). The second kappa shape index (κ2) is 8.39. The number of nitrogens with zero attached hydrogens (tertiary/aromatic N) is 3. The molecule has 0 saturated carbocycles. The van der Waals surface area contributed by atoms with Gasteiger partial charge in [-0.05, 0) is 17.7 Å². The molecule has 2 amide bonds. The van der Waals surface area contributed by atoms with Crippen LogP contribution in [0, 0.1) is 10.1 Å². The topological polar surface area (TPSA) is 105 Å². The highest BCUT2D eigenvalue weighted by atomic mass is 32.2. The summed E-state index contributed by atoms with van der Waals surface area (Å²) in [5, 5.41) is 11.8. The maximum absolute atomic E-state index is 12.4. The number of amides is 2. The first-order valence-electron chi connectivity index (χ1n) is 8.47. The van der Waals surface area contributed by atoms with Crippen LogP contribution in [0.2, 0.25) is 0 Å². The Labute approximate surface area is 177 Å². The second-order valence-corrected chi connectivity index (χ2v) is 9.37. The highest BCUT2D eigenvalue weighted by Crippen LogP contribution is 2.38. The van der Waals surface area contributed by atoms with E-state index < -0.39 is 10.3 Å². The van der Waals surface area contributed by atoms with Gasteiger partial charge in [-0.2, -0.15) is 0 Å². The lowest BCUT2D eigenvalue weighted by Gasteiger charge is -2.24. The van der Waals surface area contributed by atoms with Gasteiger partial charge in [0.25, 0.3) is 11.6 Å². The fourth-order valence-electron chi connectivity index (χ4n) is 2.79. The van der Waals surface area contributed by atoms with Gasteiger partial charge in [0.2, 0.25) is 5.91 Å². The molecule has 1 saturated heterocycles. The average molecular weight is 447 g/mol. The van der Waals surface area contributed by atoms with Gasteiger partial charge in [0.05, 0.1) is 26.6 Å². The van der Waals surface area contributed by atoms with Crippen molar-refractivity contribution in [1.82, 2.24) is 15.4 Å². The predicted molar refractivity (Wildman–Crippen MR) is 114 cm³/mol. The van der Waals surface area contributed by atoms with Crippen molar-refractivity contribution in [2.75, 3.05) is 11.5 Å². The number of rotatable bonds is 6. The summed E-state index contributed by atoms with van der Waals surface area (Å²) < 4.78 is 1.82. The van der Waals surface area contributed by atoms with Crippen molar-refractivity contribution < 1.29 is 14.5 Å². The molecule has 2 aromatic carbocycles. The Balaban J connectivity index is 1.42. The molecule has 3 aromatic rings. The number of para-hydroxylation sites is 1. The fraction of sp³-hybridized carbons (Fsp3) is 0.167. The van der Waals surface area contributed by atoms with E-state index in [0.717, 1.165) is 14.6 Å². The molecule has 1 atom stereocenters. The van der Waals surface area contributed by atoms with Gasteiger partial charge >= 0.3 is 0 Å². The standard InChI is InChI=1S/C18H14N4O4S3/c23-15(9-28-18-19-13-6-1-2-7-14(13)29-18)20-21-16(24)10-27-17(21)11-4-3-5-12(8-11)22(25)26/h1-8,17H,9-10H2,(H,20,23). The first kappa shape index (κ1) is 19.7. The number of hydrazine groups is 1. The van der Waals surface area contributed by atoms with Crippen molar-refractivity contribution in [2.45, 2.75) is 9.71 Å². The van der Waals surface area contributed by atoms with E-state index in [1.165, 1.54) is 52.0 Å². The Morgan fingerprint density at radius 2 is 2.14 bits per heavy atom. The molecule has 0 radical (unpaired) electrons. The largest absolute Gasteiger partial charge is 0.272 e. The number of hydrogen-bond acceptors (Lipinski definition) is 8.